The largest absolute Gasteiger partial charge is 0.368 e. The normalized spacial score (nSPS) is 20.4. The maximum Gasteiger partial charge on any atom is 0.255 e. The zero-order chi connectivity index (χ0) is 17.9. The van der Waals surface area contributed by atoms with Gasteiger partial charge in [0.2, 0.25) is 11.5 Å². The number of aromatic nitrogens is 3. The second-order valence-corrected chi connectivity index (χ2v) is 6.53. The van der Waals surface area contributed by atoms with Gasteiger partial charge in [0.15, 0.2) is 0 Å². The van der Waals surface area contributed by atoms with E-state index in [2.05, 4.69) is 19.9 Å². The van der Waals surface area contributed by atoms with Crippen LogP contribution in [0.5, 0.6) is 0 Å². The number of carbonyl (C=O) groups is 1. The van der Waals surface area contributed by atoms with Crippen LogP contribution in [0.3, 0.4) is 0 Å². The van der Waals surface area contributed by atoms with Crippen molar-refractivity contribution in [1.29, 1.82) is 0 Å². The molecule has 26 heavy (non-hydrogen) atoms. The lowest BCUT2D eigenvalue weighted by molar-refractivity contribution is -0.0247. The molecule has 1 unspecified atom stereocenters. The standard InChI is InChI=1S/C18H21N5O3/c24-16-4-3-13(11-20-16)17(25)23-9-10-26-15(12-23)14-5-6-19-18(21-14)22-7-1-2-8-22/h3-6,11,15H,1-2,7-10,12H2,(H,20,24). The molecule has 1 atom stereocenters. The summed E-state index contributed by atoms with van der Waals surface area (Å²) in [5, 5.41) is 0. The van der Waals surface area contributed by atoms with E-state index < -0.39 is 0 Å². The van der Waals surface area contributed by atoms with Gasteiger partial charge in [0, 0.05) is 38.1 Å². The third-order valence-corrected chi connectivity index (χ3v) is 4.77. The first kappa shape index (κ1) is 16.7. The average molecular weight is 355 g/mol. The molecule has 0 spiro atoms. The van der Waals surface area contributed by atoms with E-state index in [1.165, 1.54) is 12.3 Å². The van der Waals surface area contributed by atoms with Gasteiger partial charge in [-0.1, -0.05) is 0 Å². The van der Waals surface area contributed by atoms with Crippen LogP contribution >= 0.6 is 0 Å². The Balaban J connectivity index is 1.49. The molecule has 0 bridgehead atoms. The van der Waals surface area contributed by atoms with E-state index >= 15 is 0 Å². The number of morpholine rings is 1. The SMILES string of the molecule is O=C(c1ccc(=O)[nH]c1)N1CCOC(c2ccnc(N3CCCC3)n2)C1. The van der Waals surface area contributed by atoms with Crippen LogP contribution in [0.2, 0.25) is 0 Å². The number of amides is 1. The molecule has 1 N–H and O–H groups in total. The third-order valence-electron chi connectivity index (χ3n) is 4.77. The smallest absolute Gasteiger partial charge is 0.255 e. The number of carbonyl (C=O) groups excluding carboxylic acids is 1. The summed E-state index contributed by atoms with van der Waals surface area (Å²) in [6.07, 6.45) is 5.25. The highest BCUT2D eigenvalue weighted by atomic mass is 16.5. The van der Waals surface area contributed by atoms with Crippen LogP contribution in [-0.4, -0.2) is 58.5 Å². The summed E-state index contributed by atoms with van der Waals surface area (Å²) in [7, 11) is 0. The molecule has 4 rings (SSSR count). The van der Waals surface area contributed by atoms with Crippen LogP contribution in [0.4, 0.5) is 5.95 Å². The lowest BCUT2D eigenvalue weighted by atomic mass is 10.1. The van der Waals surface area contributed by atoms with E-state index in [0.29, 0.717) is 25.3 Å². The Labute approximate surface area is 150 Å². The summed E-state index contributed by atoms with van der Waals surface area (Å²) in [5.74, 6) is 0.607. The first-order valence-corrected chi connectivity index (χ1v) is 8.88. The van der Waals surface area contributed by atoms with E-state index in [0.717, 1.165) is 37.6 Å². The number of ether oxygens (including phenoxy) is 1. The average Bonchev–Trinajstić information content (AvgIpc) is 3.23. The number of pyridine rings is 1. The number of nitrogens with zero attached hydrogens (tertiary/aromatic N) is 4. The number of rotatable bonds is 3. The number of H-pyrrole nitrogens is 1. The molecule has 2 aliphatic rings. The van der Waals surface area contributed by atoms with Crippen molar-refractivity contribution in [1.82, 2.24) is 19.9 Å². The van der Waals surface area contributed by atoms with Crippen LogP contribution < -0.4 is 10.5 Å². The Morgan fingerprint density at radius 1 is 1.19 bits per heavy atom. The van der Waals surface area contributed by atoms with Gasteiger partial charge in [-0.2, -0.15) is 0 Å². The third kappa shape index (κ3) is 3.45. The highest BCUT2D eigenvalue weighted by Gasteiger charge is 2.28. The second kappa shape index (κ2) is 7.25. The molecule has 4 heterocycles. The second-order valence-electron chi connectivity index (χ2n) is 6.53. The fourth-order valence-electron chi connectivity index (χ4n) is 3.35. The molecule has 8 heteroatoms. The Morgan fingerprint density at radius 3 is 2.81 bits per heavy atom. The summed E-state index contributed by atoms with van der Waals surface area (Å²) in [5.41, 5.74) is 1.03. The van der Waals surface area contributed by atoms with Gasteiger partial charge in [0.05, 0.1) is 24.4 Å². The van der Waals surface area contributed by atoms with E-state index in [-0.39, 0.29) is 17.6 Å². The minimum atomic E-state index is -0.278. The van der Waals surface area contributed by atoms with Gasteiger partial charge in [-0.25, -0.2) is 9.97 Å². The molecule has 0 radical (unpaired) electrons. The zero-order valence-corrected chi connectivity index (χ0v) is 14.4. The fraction of sp³-hybridized carbons (Fsp3) is 0.444. The molecular weight excluding hydrogens is 334 g/mol. The van der Waals surface area contributed by atoms with Crippen molar-refractivity contribution >= 4 is 11.9 Å². The molecule has 0 saturated carbocycles. The number of hydrogen-bond donors (Lipinski definition) is 1. The van der Waals surface area contributed by atoms with E-state index in [1.807, 2.05) is 6.07 Å². The van der Waals surface area contributed by atoms with Crippen molar-refractivity contribution in [3.05, 3.63) is 52.2 Å². The van der Waals surface area contributed by atoms with Gasteiger partial charge in [-0.05, 0) is 25.0 Å². The molecular formula is C18H21N5O3. The van der Waals surface area contributed by atoms with Gasteiger partial charge in [-0.3, -0.25) is 9.59 Å². The van der Waals surface area contributed by atoms with Crippen molar-refractivity contribution in [2.45, 2.75) is 18.9 Å². The first-order valence-electron chi connectivity index (χ1n) is 8.88. The zero-order valence-electron chi connectivity index (χ0n) is 14.4. The maximum atomic E-state index is 12.7. The minimum Gasteiger partial charge on any atom is -0.368 e. The lowest BCUT2D eigenvalue weighted by Gasteiger charge is -2.33. The minimum absolute atomic E-state index is 0.122. The summed E-state index contributed by atoms with van der Waals surface area (Å²) >= 11 is 0. The quantitative estimate of drug-likeness (QED) is 0.882. The highest BCUT2D eigenvalue weighted by Crippen LogP contribution is 2.24. The van der Waals surface area contributed by atoms with Crippen molar-refractivity contribution < 1.29 is 9.53 Å². The molecule has 2 saturated heterocycles. The van der Waals surface area contributed by atoms with Crippen LogP contribution in [0.1, 0.15) is 35.0 Å². The van der Waals surface area contributed by atoms with Crippen molar-refractivity contribution in [2.75, 3.05) is 37.7 Å². The van der Waals surface area contributed by atoms with E-state index in [4.69, 9.17) is 4.74 Å². The van der Waals surface area contributed by atoms with E-state index in [9.17, 15) is 9.59 Å². The highest BCUT2D eigenvalue weighted by molar-refractivity contribution is 5.93. The summed E-state index contributed by atoms with van der Waals surface area (Å²) in [4.78, 5) is 39.3. The molecule has 136 valence electrons. The Morgan fingerprint density at radius 2 is 2.04 bits per heavy atom. The van der Waals surface area contributed by atoms with Gasteiger partial charge < -0.3 is 19.5 Å². The Bertz CT molecular complexity index is 826. The van der Waals surface area contributed by atoms with Crippen molar-refractivity contribution in [3.8, 4) is 0 Å². The predicted octanol–water partition coefficient (Wildman–Crippen LogP) is 0.979. The van der Waals surface area contributed by atoms with Gasteiger partial charge in [0.25, 0.3) is 5.91 Å². The Hall–Kier alpha value is -2.74. The van der Waals surface area contributed by atoms with Gasteiger partial charge >= 0.3 is 0 Å². The maximum absolute atomic E-state index is 12.7. The molecule has 2 aliphatic heterocycles. The van der Waals surface area contributed by atoms with Crippen LogP contribution in [-0.2, 0) is 4.74 Å². The molecule has 2 fully saturated rings. The molecule has 0 aliphatic carbocycles. The Kier molecular flexibility index (Phi) is 4.66. The monoisotopic (exact) mass is 355 g/mol. The fourth-order valence-corrected chi connectivity index (χ4v) is 3.35. The summed E-state index contributed by atoms with van der Waals surface area (Å²) in [6, 6.07) is 4.75. The van der Waals surface area contributed by atoms with Crippen molar-refractivity contribution in [2.24, 2.45) is 0 Å². The molecule has 8 nitrogen and oxygen atoms in total. The number of anilines is 1. The summed E-state index contributed by atoms with van der Waals surface area (Å²) < 4.78 is 5.86. The molecule has 2 aromatic rings. The summed E-state index contributed by atoms with van der Waals surface area (Å²) in [6.45, 7) is 3.34. The van der Waals surface area contributed by atoms with Crippen LogP contribution in [0, 0.1) is 0 Å². The predicted molar refractivity (Wildman–Crippen MR) is 95.1 cm³/mol. The lowest BCUT2D eigenvalue weighted by Crippen LogP contribution is -2.42. The van der Waals surface area contributed by atoms with Crippen LogP contribution in [0.25, 0.3) is 0 Å². The molecule has 1 amide bonds. The van der Waals surface area contributed by atoms with E-state index in [1.54, 1.807) is 17.2 Å². The number of hydrogen-bond acceptors (Lipinski definition) is 6. The number of nitrogens with one attached hydrogen (secondary N) is 1. The van der Waals surface area contributed by atoms with Crippen LogP contribution in [0.15, 0.2) is 35.4 Å². The topological polar surface area (TPSA) is 91.4 Å². The number of aromatic amines is 1. The molecule has 2 aromatic heterocycles. The molecule has 0 aromatic carbocycles. The van der Waals surface area contributed by atoms with Gasteiger partial charge in [-0.15, -0.1) is 0 Å². The first-order chi connectivity index (χ1) is 12.7. The van der Waals surface area contributed by atoms with Gasteiger partial charge in [0.1, 0.15) is 6.10 Å². The van der Waals surface area contributed by atoms with Crippen molar-refractivity contribution in [3.63, 3.8) is 0 Å².